The molecule has 4 N–H and O–H groups in total. The van der Waals surface area contributed by atoms with Gasteiger partial charge in [-0.3, -0.25) is 0 Å². The second kappa shape index (κ2) is 4.44. The van der Waals surface area contributed by atoms with Crippen molar-refractivity contribution in [1.82, 2.24) is 0 Å². The van der Waals surface area contributed by atoms with Gasteiger partial charge in [0.05, 0.1) is 12.1 Å². The van der Waals surface area contributed by atoms with Gasteiger partial charge in [0.25, 0.3) is 0 Å². The molecule has 0 unspecified atom stereocenters. The zero-order valence-electron chi connectivity index (χ0n) is 9.56. The van der Waals surface area contributed by atoms with Crippen LogP contribution in [0.1, 0.15) is 36.4 Å². The van der Waals surface area contributed by atoms with Gasteiger partial charge in [0, 0.05) is 5.56 Å². The Morgan fingerprint density at radius 2 is 2.06 bits per heavy atom. The van der Waals surface area contributed by atoms with Crippen LogP contribution in [-0.4, -0.2) is 16.3 Å². The molecule has 0 amide bonds. The Balaban J connectivity index is 2.18. The van der Waals surface area contributed by atoms with Crippen LogP contribution in [-0.2, 0) is 0 Å². The van der Waals surface area contributed by atoms with Gasteiger partial charge in [-0.15, -0.1) is 0 Å². The van der Waals surface area contributed by atoms with Gasteiger partial charge in [-0.25, -0.2) is 0 Å². The first-order valence-electron chi connectivity index (χ1n) is 5.83. The number of phenolic OH excluding ortho intramolecular Hbond substituents is 1. The highest BCUT2D eigenvalue weighted by atomic mass is 16.3. The minimum atomic E-state index is -0.540. The maximum absolute atomic E-state index is 10.1. The molecule has 0 radical (unpaired) electrons. The van der Waals surface area contributed by atoms with Crippen LogP contribution in [0.4, 0.5) is 0 Å². The van der Waals surface area contributed by atoms with E-state index in [9.17, 15) is 10.2 Å². The Bertz CT molecular complexity index is 374. The highest BCUT2D eigenvalue weighted by Gasteiger charge is 2.31. The standard InChI is InChI=1S/C13H19NO2/c1-8-5-6-11(15)10(7-8)12(14)13(16)9-3-2-4-9/h5-7,9,12-13,15-16H,2-4,14H2,1H3/t12-,13+/m0/s1. The summed E-state index contributed by atoms with van der Waals surface area (Å²) in [6, 6.07) is 4.84. The molecule has 0 spiro atoms. The molecule has 0 bridgehead atoms. The number of aryl methyl sites for hydroxylation is 1. The summed E-state index contributed by atoms with van der Waals surface area (Å²) in [5.74, 6) is 0.478. The van der Waals surface area contributed by atoms with E-state index in [1.807, 2.05) is 19.1 Å². The number of aliphatic hydroxyl groups excluding tert-OH is 1. The molecule has 16 heavy (non-hydrogen) atoms. The van der Waals surface area contributed by atoms with Crippen molar-refractivity contribution in [2.75, 3.05) is 0 Å². The molecule has 3 heteroatoms. The zero-order chi connectivity index (χ0) is 11.7. The number of benzene rings is 1. The average Bonchev–Trinajstić information content (AvgIpc) is 2.18. The van der Waals surface area contributed by atoms with Crippen LogP contribution in [0.15, 0.2) is 18.2 Å². The molecule has 1 aromatic rings. The molecular weight excluding hydrogens is 202 g/mol. The summed E-state index contributed by atoms with van der Waals surface area (Å²) in [6.07, 6.45) is 2.72. The summed E-state index contributed by atoms with van der Waals surface area (Å²) >= 11 is 0. The van der Waals surface area contributed by atoms with Gasteiger partial charge in [-0.2, -0.15) is 0 Å². The molecule has 0 aliphatic heterocycles. The number of hydrogen-bond donors (Lipinski definition) is 3. The first-order chi connectivity index (χ1) is 7.59. The molecule has 2 rings (SSSR count). The van der Waals surface area contributed by atoms with Crippen LogP contribution in [0.5, 0.6) is 5.75 Å². The Kier molecular flexibility index (Phi) is 3.17. The Labute approximate surface area is 95.9 Å². The number of aliphatic hydroxyl groups is 1. The monoisotopic (exact) mass is 221 g/mol. The minimum Gasteiger partial charge on any atom is -0.508 e. The van der Waals surface area contributed by atoms with E-state index in [1.54, 1.807) is 6.07 Å². The fourth-order valence-corrected chi connectivity index (χ4v) is 2.20. The van der Waals surface area contributed by atoms with Crippen molar-refractivity contribution < 1.29 is 10.2 Å². The highest BCUT2D eigenvalue weighted by molar-refractivity contribution is 5.38. The van der Waals surface area contributed by atoms with Gasteiger partial charge >= 0.3 is 0 Å². The third-order valence-electron chi connectivity index (χ3n) is 3.54. The van der Waals surface area contributed by atoms with Gasteiger partial charge in [0.2, 0.25) is 0 Å². The molecule has 0 heterocycles. The summed E-state index contributed by atoms with van der Waals surface area (Å²) in [4.78, 5) is 0. The van der Waals surface area contributed by atoms with Crippen molar-refractivity contribution in [1.29, 1.82) is 0 Å². The number of aromatic hydroxyl groups is 1. The van der Waals surface area contributed by atoms with E-state index in [-0.39, 0.29) is 5.75 Å². The lowest BCUT2D eigenvalue weighted by Gasteiger charge is -2.34. The molecule has 2 atom stereocenters. The van der Waals surface area contributed by atoms with E-state index >= 15 is 0 Å². The highest BCUT2D eigenvalue weighted by Crippen LogP contribution is 2.36. The lowest BCUT2D eigenvalue weighted by atomic mass is 9.77. The van der Waals surface area contributed by atoms with Crippen LogP contribution in [0.25, 0.3) is 0 Å². The molecule has 0 saturated heterocycles. The summed E-state index contributed by atoms with van der Waals surface area (Å²) in [5.41, 5.74) is 7.71. The Hall–Kier alpha value is -1.06. The Morgan fingerprint density at radius 3 is 2.62 bits per heavy atom. The van der Waals surface area contributed by atoms with E-state index in [0.29, 0.717) is 11.5 Å². The summed E-state index contributed by atoms with van der Waals surface area (Å²) in [6.45, 7) is 1.95. The molecular formula is C13H19NO2. The second-order valence-corrected chi connectivity index (χ2v) is 4.77. The maximum atomic E-state index is 10.1. The number of phenols is 1. The third kappa shape index (κ3) is 2.06. The first-order valence-corrected chi connectivity index (χ1v) is 5.83. The molecule has 1 aliphatic rings. The molecule has 1 saturated carbocycles. The van der Waals surface area contributed by atoms with Crippen LogP contribution >= 0.6 is 0 Å². The first kappa shape index (κ1) is 11.4. The zero-order valence-corrected chi connectivity index (χ0v) is 9.56. The predicted molar refractivity (Wildman–Crippen MR) is 63.1 cm³/mol. The summed E-state index contributed by atoms with van der Waals surface area (Å²) < 4.78 is 0. The van der Waals surface area contributed by atoms with E-state index < -0.39 is 12.1 Å². The lowest BCUT2D eigenvalue weighted by Crippen LogP contribution is -2.36. The van der Waals surface area contributed by atoms with Gasteiger partial charge in [-0.1, -0.05) is 24.1 Å². The van der Waals surface area contributed by atoms with Crippen molar-refractivity contribution in [3.05, 3.63) is 29.3 Å². The fourth-order valence-electron chi connectivity index (χ4n) is 2.20. The van der Waals surface area contributed by atoms with Crippen molar-refractivity contribution in [2.24, 2.45) is 11.7 Å². The van der Waals surface area contributed by atoms with Crippen LogP contribution in [0.2, 0.25) is 0 Å². The van der Waals surface area contributed by atoms with E-state index in [0.717, 1.165) is 18.4 Å². The smallest absolute Gasteiger partial charge is 0.120 e. The molecule has 1 aromatic carbocycles. The van der Waals surface area contributed by atoms with Crippen molar-refractivity contribution in [2.45, 2.75) is 38.3 Å². The predicted octanol–water partition coefficient (Wildman–Crippen LogP) is 1.86. The van der Waals surface area contributed by atoms with Crippen LogP contribution in [0.3, 0.4) is 0 Å². The van der Waals surface area contributed by atoms with Gasteiger partial charge in [0.15, 0.2) is 0 Å². The molecule has 1 aliphatic carbocycles. The third-order valence-corrected chi connectivity index (χ3v) is 3.54. The normalized spacial score (nSPS) is 20.2. The minimum absolute atomic E-state index is 0.177. The molecule has 88 valence electrons. The molecule has 3 nitrogen and oxygen atoms in total. The largest absolute Gasteiger partial charge is 0.508 e. The fraction of sp³-hybridized carbons (Fsp3) is 0.538. The summed E-state index contributed by atoms with van der Waals surface area (Å²) in [7, 11) is 0. The maximum Gasteiger partial charge on any atom is 0.120 e. The number of rotatable bonds is 3. The van der Waals surface area contributed by atoms with Crippen LogP contribution < -0.4 is 5.73 Å². The average molecular weight is 221 g/mol. The topological polar surface area (TPSA) is 66.5 Å². The molecule has 0 aromatic heterocycles. The number of nitrogens with two attached hydrogens (primary N) is 1. The van der Waals surface area contributed by atoms with E-state index in [1.165, 1.54) is 6.42 Å². The van der Waals surface area contributed by atoms with Crippen LogP contribution in [0, 0.1) is 12.8 Å². The van der Waals surface area contributed by atoms with Crippen molar-refractivity contribution in [3.63, 3.8) is 0 Å². The number of hydrogen-bond acceptors (Lipinski definition) is 3. The van der Waals surface area contributed by atoms with Gasteiger partial charge in [0.1, 0.15) is 5.75 Å². The van der Waals surface area contributed by atoms with Crippen molar-refractivity contribution in [3.8, 4) is 5.75 Å². The molecule has 1 fully saturated rings. The quantitative estimate of drug-likeness (QED) is 0.730. The van der Waals surface area contributed by atoms with E-state index in [4.69, 9.17) is 5.73 Å². The SMILES string of the molecule is Cc1ccc(O)c([C@H](N)[C@H](O)C2CCC2)c1. The Morgan fingerprint density at radius 1 is 1.38 bits per heavy atom. The second-order valence-electron chi connectivity index (χ2n) is 4.77. The lowest BCUT2D eigenvalue weighted by molar-refractivity contribution is 0.0407. The van der Waals surface area contributed by atoms with Gasteiger partial charge in [-0.05, 0) is 31.7 Å². The van der Waals surface area contributed by atoms with E-state index in [2.05, 4.69) is 0 Å². The van der Waals surface area contributed by atoms with Gasteiger partial charge < -0.3 is 15.9 Å². The summed E-state index contributed by atoms with van der Waals surface area (Å²) in [5, 5.41) is 19.8. The van der Waals surface area contributed by atoms with Crippen molar-refractivity contribution >= 4 is 0 Å².